The molecule has 2 aromatic rings. The minimum Gasteiger partial charge on any atom is -0.325 e. The number of rotatable bonds is 5. The van der Waals surface area contributed by atoms with E-state index in [1.54, 1.807) is 4.90 Å². The molecule has 1 aliphatic heterocycles. The van der Waals surface area contributed by atoms with E-state index in [9.17, 15) is 9.59 Å². The smallest absolute Gasteiger partial charge is 0.229 e. The Morgan fingerprint density at radius 2 is 1.81 bits per heavy atom. The summed E-state index contributed by atoms with van der Waals surface area (Å²) in [5, 5.41) is 3.04. The molecule has 0 spiro atoms. The number of benzene rings is 2. The van der Waals surface area contributed by atoms with Crippen LogP contribution in [0.4, 0.5) is 11.4 Å². The Morgan fingerprint density at radius 1 is 1.15 bits per heavy atom. The van der Waals surface area contributed by atoms with E-state index in [2.05, 4.69) is 25.2 Å². The molecule has 0 aliphatic carbocycles. The number of carbonyl (C=O) groups is 2. The van der Waals surface area contributed by atoms with Crippen LogP contribution in [0.1, 0.15) is 49.3 Å². The van der Waals surface area contributed by atoms with E-state index in [1.807, 2.05) is 50.2 Å². The van der Waals surface area contributed by atoms with Gasteiger partial charge in [0.1, 0.15) is 0 Å². The van der Waals surface area contributed by atoms with Gasteiger partial charge in [0.15, 0.2) is 0 Å². The summed E-state index contributed by atoms with van der Waals surface area (Å²) in [6.45, 7) is 8.72. The molecule has 2 atom stereocenters. The van der Waals surface area contributed by atoms with Crippen molar-refractivity contribution in [1.82, 2.24) is 0 Å². The second-order valence-corrected chi connectivity index (χ2v) is 7.53. The monoisotopic (exact) mass is 364 g/mol. The summed E-state index contributed by atoms with van der Waals surface area (Å²) in [7, 11) is 0. The van der Waals surface area contributed by atoms with Gasteiger partial charge in [-0.2, -0.15) is 0 Å². The fourth-order valence-corrected chi connectivity index (χ4v) is 3.72. The largest absolute Gasteiger partial charge is 0.325 e. The summed E-state index contributed by atoms with van der Waals surface area (Å²) in [6.07, 6.45) is 1.27. The van der Waals surface area contributed by atoms with E-state index in [-0.39, 0.29) is 24.2 Å². The van der Waals surface area contributed by atoms with Crippen LogP contribution in [0.2, 0.25) is 0 Å². The van der Waals surface area contributed by atoms with Crippen LogP contribution >= 0.6 is 0 Å². The van der Waals surface area contributed by atoms with Gasteiger partial charge in [-0.15, -0.1) is 0 Å². The van der Waals surface area contributed by atoms with Gasteiger partial charge in [0, 0.05) is 24.3 Å². The number of nitrogens with zero attached hydrogens (tertiary/aromatic N) is 1. The van der Waals surface area contributed by atoms with Gasteiger partial charge in [0.2, 0.25) is 11.8 Å². The second-order valence-electron chi connectivity index (χ2n) is 7.53. The quantitative estimate of drug-likeness (QED) is 0.828. The average molecular weight is 364 g/mol. The minimum atomic E-state index is -0.332. The molecule has 4 nitrogen and oxygen atoms in total. The molecule has 0 radical (unpaired) electrons. The number of carbonyl (C=O) groups excluding carboxylic acids is 2. The molecule has 1 saturated heterocycles. The average Bonchev–Trinajstić information content (AvgIpc) is 3.05. The van der Waals surface area contributed by atoms with E-state index in [1.165, 1.54) is 5.56 Å². The summed E-state index contributed by atoms with van der Waals surface area (Å²) < 4.78 is 0. The molecule has 4 heteroatoms. The predicted molar refractivity (Wildman–Crippen MR) is 110 cm³/mol. The molecule has 1 fully saturated rings. The third kappa shape index (κ3) is 3.90. The van der Waals surface area contributed by atoms with Gasteiger partial charge < -0.3 is 10.2 Å². The van der Waals surface area contributed by atoms with Gasteiger partial charge in [-0.25, -0.2) is 0 Å². The summed E-state index contributed by atoms with van der Waals surface area (Å²) in [6, 6.07) is 14.0. The maximum absolute atomic E-state index is 12.8. The maximum atomic E-state index is 12.8. The van der Waals surface area contributed by atoms with Crippen molar-refractivity contribution in [1.29, 1.82) is 0 Å². The van der Waals surface area contributed by atoms with Gasteiger partial charge in [-0.05, 0) is 48.9 Å². The molecule has 1 N–H and O–H groups in total. The maximum Gasteiger partial charge on any atom is 0.229 e. The lowest BCUT2D eigenvalue weighted by molar-refractivity contribution is -0.122. The summed E-state index contributed by atoms with van der Waals surface area (Å²) in [5.74, 6) is -0.0188. The number of para-hydroxylation sites is 2. The van der Waals surface area contributed by atoms with E-state index in [0.717, 1.165) is 28.9 Å². The Balaban J connectivity index is 1.79. The molecule has 2 amide bonds. The molecule has 3 rings (SSSR count). The van der Waals surface area contributed by atoms with Crippen LogP contribution in [0.3, 0.4) is 0 Å². The Morgan fingerprint density at radius 3 is 2.48 bits per heavy atom. The lowest BCUT2D eigenvalue weighted by atomic mass is 9.96. The molecule has 0 bridgehead atoms. The first kappa shape index (κ1) is 19.2. The first-order valence-electron chi connectivity index (χ1n) is 9.68. The zero-order valence-corrected chi connectivity index (χ0v) is 16.6. The van der Waals surface area contributed by atoms with Gasteiger partial charge in [-0.3, -0.25) is 9.59 Å². The standard InChI is InChI=1S/C23H28N2O2/c1-5-15(2)19-11-6-7-12-20(19)25-14-18(13-21(25)26)23(27)24-22-16(3)9-8-10-17(22)4/h6-12,15,18H,5,13-14H2,1-4H3,(H,24,27)/t15-,18+/m0/s1. The number of aryl methyl sites for hydroxylation is 2. The number of hydrogen-bond acceptors (Lipinski definition) is 2. The number of hydrogen-bond donors (Lipinski definition) is 1. The zero-order valence-electron chi connectivity index (χ0n) is 16.6. The summed E-state index contributed by atoms with van der Waals surface area (Å²) in [5.41, 5.74) is 5.04. The van der Waals surface area contributed by atoms with Crippen molar-refractivity contribution in [2.24, 2.45) is 5.92 Å². The number of amides is 2. The number of anilines is 2. The highest BCUT2D eigenvalue weighted by molar-refractivity contribution is 6.04. The zero-order chi connectivity index (χ0) is 19.6. The normalized spacial score (nSPS) is 17.9. The molecular weight excluding hydrogens is 336 g/mol. The molecule has 27 heavy (non-hydrogen) atoms. The predicted octanol–water partition coefficient (Wildman–Crippen LogP) is 4.81. The highest BCUT2D eigenvalue weighted by Gasteiger charge is 2.36. The van der Waals surface area contributed by atoms with Crippen molar-refractivity contribution < 1.29 is 9.59 Å². The molecule has 0 aromatic heterocycles. The van der Waals surface area contributed by atoms with Gasteiger partial charge in [-0.1, -0.05) is 50.2 Å². The Bertz CT molecular complexity index is 839. The molecule has 142 valence electrons. The molecule has 2 aromatic carbocycles. The molecule has 1 aliphatic rings. The summed E-state index contributed by atoms with van der Waals surface area (Å²) >= 11 is 0. The van der Waals surface area contributed by atoms with Crippen molar-refractivity contribution >= 4 is 23.2 Å². The van der Waals surface area contributed by atoms with E-state index < -0.39 is 0 Å². The van der Waals surface area contributed by atoms with Gasteiger partial charge >= 0.3 is 0 Å². The minimum absolute atomic E-state index is 0.0207. The van der Waals surface area contributed by atoms with Crippen molar-refractivity contribution in [3.8, 4) is 0 Å². The Labute approximate surface area is 161 Å². The lowest BCUT2D eigenvalue weighted by Crippen LogP contribution is -2.29. The van der Waals surface area contributed by atoms with Gasteiger partial charge in [0.05, 0.1) is 5.92 Å². The van der Waals surface area contributed by atoms with Gasteiger partial charge in [0.25, 0.3) is 0 Å². The topological polar surface area (TPSA) is 49.4 Å². The third-order valence-corrected chi connectivity index (χ3v) is 5.60. The van der Waals surface area contributed by atoms with Crippen molar-refractivity contribution in [3.05, 3.63) is 59.2 Å². The highest BCUT2D eigenvalue weighted by Crippen LogP contribution is 2.34. The van der Waals surface area contributed by atoms with E-state index in [4.69, 9.17) is 0 Å². The lowest BCUT2D eigenvalue weighted by Gasteiger charge is -2.23. The van der Waals surface area contributed by atoms with E-state index >= 15 is 0 Å². The van der Waals surface area contributed by atoms with Crippen molar-refractivity contribution in [3.63, 3.8) is 0 Å². The molecule has 0 unspecified atom stereocenters. The first-order valence-corrected chi connectivity index (χ1v) is 9.68. The van der Waals surface area contributed by atoms with Crippen LogP contribution in [-0.2, 0) is 9.59 Å². The van der Waals surface area contributed by atoms with Crippen LogP contribution in [0.25, 0.3) is 0 Å². The molecule has 1 heterocycles. The van der Waals surface area contributed by atoms with Crippen LogP contribution in [-0.4, -0.2) is 18.4 Å². The molecular formula is C23H28N2O2. The van der Waals surface area contributed by atoms with Crippen LogP contribution in [0.5, 0.6) is 0 Å². The van der Waals surface area contributed by atoms with E-state index in [0.29, 0.717) is 12.5 Å². The second kappa shape index (κ2) is 7.95. The number of nitrogens with one attached hydrogen (secondary N) is 1. The SMILES string of the molecule is CC[C@H](C)c1ccccc1N1C[C@H](C(=O)Nc2c(C)cccc2C)CC1=O. The van der Waals surface area contributed by atoms with Crippen molar-refractivity contribution in [2.45, 2.75) is 46.5 Å². The fourth-order valence-electron chi connectivity index (χ4n) is 3.72. The third-order valence-electron chi connectivity index (χ3n) is 5.60. The summed E-state index contributed by atoms with van der Waals surface area (Å²) in [4.78, 5) is 27.3. The fraction of sp³-hybridized carbons (Fsp3) is 0.391. The van der Waals surface area contributed by atoms with Crippen LogP contribution in [0, 0.1) is 19.8 Å². The highest BCUT2D eigenvalue weighted by atomic mass is 16.2. The van der Waals surface area contributed by atoms with Crippen molar-refractivity contribution in [2.75, 3.05) is 16.8 Å². The Kier molecular flexibility index (Phi) is 5.64. The van der Waals surface area contributed by atoms with Crippen LogP contribution < -0.4 is 10.2 Å². The Hall–Kier alpha value is -2.62. The van der Waals surface area contributed by atoms with Crippen LogP contribution in [0.15, 0.2) is 42.5 Å². The first-order chi connectivity index (χ1) is 12.9. The molecule has 0 saturated carbocycles.